The predicted molar refractivity (Wildman–Crippen MR) is 278 cm³/mol. The van der Waals surface area contributed by atoms with Gasteiger partial charge in [-0.1, -0.05) is 175 Å². The molecule has 0 radical (unpaired) electrons. The van der Waals surface area contributed by atoms with Gasteiger partial charge in [-0.3, -0.25) is 4.18 Å². The highest BCUT2D eigenvalue weighted by atomic mass is 32.2. The van der Waals surface area contributed by atoms with Crippen molar-refractivity contribution in [3.63, 3.8) is 0 Å². The topological polar surface area (TPSA) is 89.5 Å². The lowest BCUT2D eigenvalue weighted by Crippen LogP contribution is -2.31. The summed E-state index contributed by atoms with van der Waals surface area (Å²) in [6, 6.07) is 54.3. The van der Waals surface area contributed by atoms with Crippen LogP contribution in [0.15, 0.2) is 163 Å². The normalized spacial score (nSPS) is 12.3. The van der Waals surface area contributed by atoms with Crippen LogP contribution in [-0.2, 0) is 46.4 Å². The van der Waals surface area contributed by atoms with E-state index < -0.39 is 15.5 Å². The van der Waals surface area contributed by atoms with E-state index in [1.54, 1.807) is 12.1 Å². The SMILES string of the molecule is CCc1ccc(C(c2ccc(OCCOCCOc3cccc4c(OCCOCCOS(=O)(=O)c5ccc(C)cc5)cccc34)cc2)(c2ccc(C(C)(C)C)cc2)c2ccc(C(C)(C)C)cc2)cc1. The molecule has 0 aliphatic carbocycles. The van der Waals surface area contributed by atoms with E-state index in [9.17, 15) is 8.42 Å². The van der Waals surface area contributed by atoms with E-state index in [0.29, 0.717) is 32.2 Å². The molecule has 0 spiro atoms. The highest BCUT2D eigenvalue weighted by Gasteiger charge is 2.39. The first kappa shape index (κ1) is 50.9. The van der Waals surface area contributed by atoms with Crippen molar-refractivity contribution in [2.24, 2.45) is 0 Å². The Kier molecular flexibility index (Phi) is 16.7. The van der Waals surface area contributed by atoms with Gasteiger partial charge in [0, 0.05) is 10.8 Å². The number of benzene rings is 7. The van der Waals surface area contributed by atoms with E-state index in [1.807, 2.05) is 43.3 Å². The molecule has 0 aliphatic heterocycles. The molecule has 69 heavy (non-hydrogen) atoms. The molecule has 0 N–H and O–H groups in total. The third-order valence-electron chi connectivity index (χ3n) is 12.5. The van der Waals surface area contributed by atoms with Crippen molar-refractivity contribution in [2.45, 2.75) is 83.0 Å². The maximum Gasteiger partial charge on any atom is 0.297 e. The van der Waals surface area contributed by atoms with Gasteiger partial charge < -0.3 is 23.7 Å². The summed E-state index contributed by atoms with van der Waals surface area (Å²) in [7, 11) is -3.84. The Labute approximate surface area is 410 Å². The zero-order valence-corrected chi connectivity index (χ0v) is 42.4. The fraction of sp³-hybridized carbons (Fsp3) is 0.333. The molecule has 0 heterocycles. The van der Waals surface area contributed by atoms with Gasteiger partial charge in [0.2, 0.25) is 0 Å². The van der Waals surface area contributed by atoms with Gasteiger partial charge in [0.1, 0.15) is 37.1 Å². The average molecular weight is 949 g/mol. The molecule has 0 amide bonds. The molecule has 7 rings (SSSR count). The smallest absolute Gasteiger partial charge is 0.297 e. The summed E-state index contributed by atoms with van der Waals surface area (Å²) in [4.78, 5) is 0.121. The Morgan fingerprint density at radius 2 is 0.812 bits per heavy atom. The van der Waals surface area contributed by atoms with E-state index in [0.717, 1.165) is 39.8 Å². The van der Waals surface area contributed by atoms with Gasteiger partial charge >= 0.3 is 0 Å². The maximum absolute atomic E-state index is 12.4. The maximum atomic E-state index is 12.4. The number of aryl methyl sites for hydroxylation is 2. The Balaban J connectivity index is 0.938. The molecule has 0 saturated heterocycles. The van der Waals surface area contributed by atoms with E-state index in [2.05, 4.69) is 146 Å². The summed E-state index contributed by atoms with van der Waals surface area (Å²) in [6.07, 6.45) is 0.977. The molecular weight excluding hydrogens is 881 g/mol. The second kappa shape index (κ2) is 22.6. The van der Waals surface area contributed by atoms with Crippen LogP contribution in [0.1, 0.15) is 93.0 Å². The van der Waals surface area contributed by atoms with Crippen LogP contribution in [-0.4, -0.2) is 61.3 Å². The minimum Gasteiger partial charge on any atom is -0.491 e. The Hall–Kier alpha value is -5.97. The molecule has 0 aromatic heterocycles. The number of rotatable bonds is 22. The first-order chi connectivity index (χ1) is 33.1. The van der Waals surface area contributed by atoms with Crippen LogP contribution in [0.2, 0.25) is 0 Å². The van der Waals surface area contributed by atoms with Gasteiger partial charge in [-0.2, -0.15) is 8.42 Å². The van der Waals surface area contributed by atoms with Crippen molar-refractivity contribution in [3.8, 4) is 17.2 Å². The van der Waals surface area contributed by atoms with Crippen molar-refractivity contribution < 1.29 is 36.3 Å². The lowest BCUT2D eigenvalue weighted by Gasteiger charge is -2.38. The molecule has 0 bridgehead atoms. The van der Waals surface area contributed by atoms with Crippen molar-refractivity contribution in [3.05, 3.63) is 202 Å². The second-order valence-electron chi connectivity index (χ2n) is 19.4. The number of ether oxygens (including phenoxy) is 5. The quantitative estimate of drug-likeness (QED) is 0.0377. The molecule has 0 fully saturated rings. The molecule has 7 aromatic carbocycles. The van der Waals surface area contributed by atoms with E-state index >= 15 is 0 Å². The minimum absolute atomic E-state index is 0.0315. The molecule has 0 atom stereocenters. The number of fused-ring (bicyclic) bond motifs is 1. The van der Waals surface area contributed by atoms with Crippen LogP contribution < -0.4 is 14.2 Å². The van der Waals surface area contributed by atoms with Crippen LogP contribution in [0.4, 0.5) is 0 Å². The minimum atomic E-state index is -3.84. The van der Waals surface area contributed by atoms with E-state index in [4.69, 9.17) is 27.9 Å². The van der Waals surface area contributed by atoms with Crippen LogP contribution >= 0.6 is 0 Å². The average Bonchev–Trinajstić information content (AvgIpc) is 3.34. The lowest BCUT2D eigenvalue weighted by atomic mass is 9.64. The summed E-state index contributed by atoms with van der Waals surface area (Å²) in [5, 5.41) is 1.83. The lowest BCUT2D eigenvalue weighted by molar-refractivity contribution is 0.0767. The Morgan fingerprint density at radius 3 is 1.25 bits per heavy atom. The summed E-state index contributed by atoms with van der Waals surface area (Å²) in [6.45, 7) is 19.8. The molecule has 0 saturated carbocycles. The molecule has 8 nitrogen and oxygen atoms in total. The highest BCUT2D eigenvalue weighted by Crippen LogP contribution is 2.46. The monoisotopic (exact) mass is 948 g/mol. The van der Waals surface area contributed by atoms with Crippen molar-refractivity contribution in [2.75, 3.05) is 52.9 Å². The Morgan fingerprint density at radius 1 is 0.420 bits per heavy atom. The third-order valence-corrected chi connectivity index (χ3v) is 13.9. The van der Waals surface area contributed by atoms with Crippen LogP contribution in [0.3, 0.4) is 0 Å². The molecule has 362 valence electrons. The van der Waals surface area contributed by atoms with Crippen molar-refractivity contribution >= 4 is 20.9 Å². The van der Waals surface area contributed by atoms with Crippen LogP contribution in [0, 0.1) is 6.92 Å². The van der Waals surface area contributed by atoms with Gasteiger partial charge in [-0.05, 0) is 99.5 Å². The number of hydrogen-bond donors (Lipinski definition) is 0. The largest absolute Gasteiger partial charge is 0.491 e. The number of hydrogen-bond acceptors (Lipinski definition) is 8. The standard InChI is InChI=1S/C60H68O8S/c1-9-45-18-20-48(21-19-45)60(49-26-22-46(23-27-49)58(3,4)5,50-28-24-47(25-29-50)59(6,7)8)51-30-32-52(33-31-51)65-40-36-63-37-41-66-56-14-10-13-55-54(56)12-11-15-57(55)67-42-38-64-39-43-68-69(61,62)53-34-16-44(2)17-35-53/h10-35H,9,36-43H2,1-8H3. The van der Waals surface area contributed by atoms with Crippen LogP contribution in [0.5, 0.6) is 17.2 Å². The second-order valence-corrected chi connectivity index (χ2v) is 21.1. The van der Waals surface area contributed by atoms with Gasteiger partial charge in [-0.15, -0.1) is 0 Å². The molecule has 0 aliphatic rings. The summed E-state index contributed by atoms with van der Waals surface area (Å²) >= 11 is 0. The van der Waals surface area contributed by atoms with Gasteiger partial charge in [0.15, 0.2) is 0 Å². The predicted octanol–water partition coefficient (Wildman–Crippen LogP) is 13.0. The summed E-state index contributed by atoms with van der Waals surface area (Å²) in [5.74, 6) is 2.20. The zero-order valence-electron chi connectivity index (χ0n) is 41.5. The molecule has 7 aromatic rings. The van der Waals surface area contributed by atoms with Gasteiger partial charge in [0.25, 0.3) is 10.1 Å². The Bertz CT molecular complexity index is 2770. The fourth-order valence-corrected chi connectivity index (χ4v) is 9.45. The molecule has 9 heteroatoms. The van der Waals surface area contributed by atoms with E-state index in [1.165, 1.54) is 45.5 Å². The summed E-state index contributed by atoms with van der Waals surface area (Å²) < 4.78 is 59.9. The van der Waals surface area contributed by atoms with Gasteiger partial charge in [-0.25, -0.2) is 0 Å². The highest BCUT2D eigenvalue weighted by molar-refractivity contribution is 7.86. The van der Waals surface area contributed by atoms with E-state index in [-0.39, 0.29) is 42.2 Å². The fourth-order valence-electron chi connectivity index (χ4n) is 8.56. The van der Waals surface area contributed by atoms with Crippen molar-refractivity contribution in [1.82, 2.24) is 0 Å². The first-order valence-corrected chi connectivity index (χ1v) is 25.4. The first-order valence-electron chi connectivity index (χ1n) is 24.0. The van der Waals surface area contributed by atoms with Gasteiger partial charge in [0.05, 0.1) is 43.3 Å². The zero-order chi connectivity index (χ0) is 49.1. The van der Waals surface area contributed by atoms with Crippen LogP contribution in [0.25, 0.3) is 10.8 Å². The van der Waals surface area contributed by atoms with Crippen molar-refractivity contribution in [1.29, 1.82) is 0 Å². The molecule has 0 unspecified atom stereocenters. The summed E-state index contributed by atoms with van der Waals surface area (Å²) in [5.41, 5.74) is 9.15. The molecular formula is C60H68O8S. The third kappa shape index (κ3) is 12.6.